The van der Waals surface area contributed by atoms with Gasteiger partial charge in [0.2, 0.25) is 0 Å². The number of rotatable bonds is 5. The van der Waals surface area contributed by atoms with E-state index in [1.165, 1.54) is 0 Å². The lowest BCUT2D eigenvalue weighted by Crippen LogP contribution is -2.29. The molecule has 1 aromatic rings. The van der Waals surface area contributed by atoms with Crippen molar-refractivity contribution in [3.8, 4) is 0 Å². The molecule has 0 saturated carbocycles. The van der Waals surface area contributed by atoms with Gasteiger partial charge in [-0.05, 0) is 19.1 Å². The van der Waals surface area contributed by atoms with Gasteiger partial charge in [0.05, 0.1) is 12.3 Å². The fourth-order valence-corrected chi connectivity index (χ4v) is 1.25. The summed E-state index contributed by atoms with van der Waals surface area (Å²) in [5.74, 6) is -2.82. The van der Waals surface area contributed by atoms with Crippen LogP contribution in [-0.2, 0) is 4.74 Å². The lowest BCUT2D eigenvalue weighted by molar-refractivity contribution is 0.0914. The Morgan fingerprint density at radius 1 is 1.47 bits per heavy atom. The van der Waals surface area contributed by atoms with Crippen LogP contribution in [0.25, 0.3) is 0 Å². The van der Waals surface area contributed by atoms with Crippen molar-refractivity contribution in [1.29, 1.82) is 0 Å². The van der Waals surface area contributed by atoms with E-state index < -0.39 is 23.1 Å². The van der Waals surface area contributed by atoms with Crippen LogP contribution in [0.1, 0.15) is 17.3 Å². The van der Waals surface area contributed by atoms with Gasteiger partial charge in [-0.1, -0.05) is 0 Å². The second-order valence-corrected chi connectivity index (χ2v) is 3.28. The van der Waals surface area contributed by atoms with Gasteiger partial charge in [0.15, 0.2) is 5.82 Å². The summed E-state index contributed by atoms with van der Waals surface area (Å²) in [6, 6.07) is 2.03. The summed E-state index contributed by atoms with van der Waals surface area (Å²) in [6.07, 6.45) is 0. The Kier molecular flexibility index (Phi) is 4.84. The number of carbonyl (C=O) groups is 1. The Morgan fingerprint density at radius 2 is 2.18 bits per heavy atom. The van der Waals surface area contributed by atoms with E-state index in [1.807, 2.05) is 0 Å². The van der Waals surface area contributed by atoms with Crippen molar-refractivity contribution < 1.29 is 18.3 Å². The van der Waals surface area contributed by atoms with Crippen molar-refractivity contribution in [2.24, 2.45) is 0 Å². The zero-order chi connectivity index (χ0) is 12.8. The summed E-state index contributed by atoms with van der Waals surface area (Å²) >= 11 is 0. The molecule has 0 unspecified atom stereocenters. The topological polar surface area (TPSA) is 64.3 Å². The molecule has 0 fully saturated rings. The van der Waals surface area contributed by atoms with Crippen LogP contribution in [0.15, 0.2) is 12.1 Å². The normalized spacial score (nSPS) is 10.3. The Balaban J connectivity index is 2.72. The average molecular weight is 244 g/mol. The van der Waals surface area contributed by atoms with Gasteiger partial charge in [-0.25, -0.2) is 8.78 Å². The number of carbonyl (C=O) groups excluding carboxylic acids is 1. The number of nitrogen functional groups attached to an aromatic ring is 1. The molecule has 0 radical (unpaired) electrons. The molecule has 1 amide bonds. The number of hydrogen-bond donors (Lipinski definition) is 2. The van der Waals surface area contributed by atoms with Crippen molar-refractivity contribution in [3.63, 3.8) is 0 Å². The van der Waals surface area contributed by atoms with Crippen LogP contribution in [0.3, 0.4) is 0 Å². The van der Waals surface area contributed by atoms with Gasteiger partial charge in [0.25, 0.3) is 5.91 Å². The summed E-state index contributed by atoms with van der Waals surface area (Å²) in [5, 5.41) is 2.34. The number of benzene rings is 1. The highest BCUT2D eigenvalue weighted by Gasteiger charge is 2.18. The van der Waals surface area contributed by atoms with E-state index in [4.69, 9.17) is 10.5 Å². The lowest BCUT2D eigenvalue weighted by Gasteiger charge is -2.08. The van der Waals surface area contributed by atoms with Crippen LogP contribution in [0.2, 0.25) is 0 Å². The smallest absolute Gasteiger partial charge is 0.257 e. The van der Waals surface area contributed by atoms with Crippen LogP contribution < -0.4 is 11.1 Å². The minimum absolute atomic E-state index is 0.181. The molecule has 0 aliphatic carbocycles. The van der Waals surface area contributed by atoms with Crippen molar-refractivity contribution in [2.45, 2.75) is 6.92 Å². The highest BCUT2D eigenvalue weighted by atomic mass is 19.1. The Bertz CT molecular complexity index is 411. The van der Waals surface area contributed by atoms with Crippen LogP contribution >= 0.6 is 0 Å². The molecule has 1 aromatic carbocycles. The van der Waals surface area contributed by atoms with E-state index in [1.54, 1.807) is 6.92 Å². The number of nitrogens with one attached hydrogen (secondary N) is 1. The summed E-state index contributed by atoms with van der Waals surface area (Å²) in [4.78, 5) is 11.5. The molecule has 1 rings (SSSR count). The van der Waals surface area contributed by atoms with Gasteiger partial charge in [0, 0.05) is 13.2 Å². The third-order valence-electron chi connectivity index (χ3n) is 2.08. The molecular weight excluding hydrogens is 230 g/mol. The third kappa shape index (κ3) is 3.39. The first-order valence-electron chi connectivity index (χ1n) is 5.17. The van der Waals surface area contributed by atoms with E-state index in [2.05, 4.69) is 5.32 Å². The second kappa shape index (κ2) is 6.15. The van der Waals surface area contributed by atoms with E-state index in [9.17, 15) is 13.6 Å². The maximum atomic E-state index is 13.4. The first-order chi connectivity index (χ1) is 8.07. The van der Waals surface area contributed by atoms with E-state index in [0.29, 0.717) is 6.61 Å². The Morgan fingerprint density at radius 3 is 2.82 bits per heavy atom. The van der Waals surface area contributed by atoms with Gasteiger partial charge in [-0.3, -0.25) is 4.79 Å². The molecule has 0 aliphatic rings. The van der Waals surface area contributed by atoms with Crippen molar-refractivity contribution in [2.75, 3.05) is 25.5 Å². The third-order valence-corrected chi connectivity index (χ3v) is 2.08. The van der Waals surface area contributed by atoms with Crippen LogP contribution in [0, 0.1) is 11.6 Å². The molecule has 0 aromatic heterocycles. The first kappa shape index (κ1) is 13.4. The van der Waals surface area contributed by atoms with Gasteiger partial charge in [0.1, 0.15) is 11.4 Å². The van der Waals surface area contributed by atoms with Crippen molar-refractivity contribution in [3.05, 3.63) is 29.3 Å². The molecule has 0 atom stereocenters. The predicted octanol–water partition coefficient (Wildman–Crippen LogP) is 1.31. The molecule has 0 bridgehead atoms. The minimum atomic E-state index is -1.04. The Hall–Kier alpha value is -1.69. The molecule has 0 saturated heterocycles. The zero-order valence-corrected chi connectivity index (χ0v) is 9.43. The predicted molar refractivity (Wildman–Crippen MR) is 59.6 cm³/mol. The van der Waals surface area contributed by atoms with E-state index in [0.717, 1.165) is 12.1 Å². The highest BCUT2D eigenvalue weighted by Crippen LogP contribution is 2.18. The largest absolute Gasteiger partial charge is 0.396 e. The fraction of sp³-hybridized carbons (Fsp3) is 0.364. The number of halogens is 2. The van der Waals surface area contributed by atoms with Gasteiger partial charge >= 0.3 is 0 Å². The zero-order valence-electron chi connectivity index (χ0n) is 9.43. The van der Waals surface area contributed by atoms with E-state index in [-0.39, 0.29) is 18.8 Å². The van der Waals surface area contributed by atoms with Gasteiger partial charge < -0.3 is 15.8 Å². The lowest BCUT2D eigenvalue weighted by atomic mass is 10.1. The van der Waals surface area contributed by atoms with E-state index >= 15 is 0 Å². The summed E-state index contributed by atoms with van der Waals surface area (Å²) in [5.41, 5.74) is 4.33. The molecule has 0 heterocycles. The molecule has 0 aliphatic heterocycles. The first-order valence-corrected chi connectivity index (χ1v) is 5.17. The quantitative estimate of drug-likeness (QED) is 0.606. The molecular formula is C11H14F2N2O2. The van der Waals surface area contributed by atoms with Gasteiger partial charge in [-0.2, -0.15) is 0 Å². The highest BCUT2D eigenvalue weighted by molar-refractivity contribution is 5.95. The van der Waals surface area contributed by atoms with Crippen LogP contribution in [-0.4, -0.2) is 25.7 Å². The monoisotopic (exact) mass is 244 g/mol. The van der Waals surface area contributed by atoms with Crippen molar-refractivity contribution in [1.82, 2.24) is 5.32 Å². The molecule has 6 heteroatoms. The SMILES string of the molecule is CCOCCNC(=O)c1c(F)ccc(N)c1F. The molecule has 4 nitrogen and oxygen atoms in total. The molecule has 0 spiro atoms. The van der Waals surface area contributed by atoms with Crippen molar-refractivity contribution >= 4 is 11.6 Å². The van der Waals surface area contributed by atoms with Gasteiger partial charge in [-0.15, -0.1) is 0 Å². The molecule has 17 heavy (non-hydrogen) atoms. The number of nitrogens with two attached hydrogens (primary N) is 1. The Labute approximate surface area is 97.8 Å². The number of anilines is 1. The average Bonchev–Trinajstić information content (AvgIpc) is 2.30. The van der Waals surface area contributed by atoms with Crippen LogP contribution in [0.4, 0.5) is 14.5 Å². The molecule has 3 N–H and O–H groups in total. The summed E-state index contributed by atoms with van der Waals surface area (Å²) < 4.78 is 31.7. The minimum Gasteiger partial charge on any atom is -0.396 e. The summed E-state index contributed by atoms with van der Waals surface area (Å²) in [7, 11) is 0. The number of amides is 1. The van der Waals surface area contributed by atoms with Crippen LogP contribution in [0.5, 0.6) is 0 Å². The maximum absolute atomic E-state index is 13.4. The maximum Gasteiger partial charge on any atom is 0.257 e. The fourth-order valence-electron chi connectivity index (χ4n) is 1.25. The second-order valence-electron chi connectivity index (χ2n) is 3.28. The number of ether oxygens (including phenoxy) is 1. The standard InChI is InChI=1S/C11H14F2N2O2/c1-2-17-6-5-15-11(16)9-7(12)3-4-8(14)10(9)13/h3-4H,2,5-6,14H2,1H3,(H,15,16). The number of hydrogen-bond acceptors (Lipinski definition) is 3. The molecule has 94 valence electrons. The summed E-state index contributed by atoms with van der Waals surface area (Å²) in [6.45, 7) is 2.78.